The summed E-state index contributed by atoms with van der Waals surface area (Å²) in [5.41, 5.74) is 4.22. The average Bonchev–Trinajstić information content (AvgIpc) is 2.91. The number of nitrogens with zero attached hydrogens (tertiary/aromatic N) is 1. The third-order valence-corrected chi connectivity index (χ3v) is 6.10. The van der Waals surface area contributed by atoms with Crippen LogP contribution in [0.3, 0.4) is 0 Å². The highest BCUT2D eigenvalue weighted by molar-refractivity contribution is 5.72. The largest absolute Gasteiger partial charge is 0.494 e. The predicted molar refractivity (Wildman–Crippen MR) is 141 cm³/mol. The van der Waals surface area contributed by atoms with Crippen molar-refractivity contribution in [2.24, 2.45) is 0 Å². The van der Waals surface area contributed by atoms with E-state index < -0.39 is 12.1 Å². The topological polar surface area (TPSA) is 80.3 Å². The predicted octanol–water partition coefficient (Wildman–Crippen LogP) is 5.00. The Balaban J connectivity index is 1.18. The summed E-state index contributed by atoms with van der Waals surface area (Å²) in [5, 5.41) is 12.6. The maximum atomic E-state index is 11.3. The van der Waals surface area contributed by atoms with E-state index in [2.05, 4.69) is 28.4 Å². The minimum absolute atomic E-state index is 0.352. The van der Waals surface area contributed by atoms with Crippen molar-refractivity contribution in [2.75, 3.05) is 43.1 Å². The van der Waals surface area contributed by atoms with Gasteiger partial charge in [-0.25, -0.2) is 4.79 Å². The number of hydrogen-bond acceptors (Lipinski definition) is 6. The van der Waals surface area contributed by atoms with E-state index in [0.717, 1.165) is 60.1 Å². The number of anilines is 2. The minimum atomic E-state index is -0.936. The highest BCUT2D eigenvalue weighted by atomic mass is 16.5. The summed E-state index contributed by atoms with van der Waals surface area (Å²) in [4.78, 5) is 13.6. The molecule has 1 unspecified atom stereocenters. The normalized spacial score (nSPS) is 13.4. The highest BCUT2D eigenvalue weighted by Crippen LogP contribution is 2.30. The van der Waals surface area contributed by atoms with Crippen molar-refractivity contribution in [2.45, 2.75) is 32.4 Å². The molecule has 0 saturated carbocycles. The number of benzene rings is 3. The van der Waals surface area contributed by atoms with Crippen molar-refractivity contribution in [3.63, 3.8) is 0 Å². The van der Waals surface area contributed by atoms with E-state index in [1.165, 1.54) is 0 Å². The van der Waals surface area contributed by atoms with Crippen LogP contribution in [0, 0.1) is 0 Å². The lowest BCUT2D eigenvalue weighted by Gasteiger charge is -2.31. The van der Waals surface area contributed by atoms with E-state index in [1.54, 1.807) is 6.92 Å². The Morgan fingerprint density at radius 1 is 1.06 bits per heavy atom. The molecule has 190 valence electrons. The number of carboxylic acids is 1. The zero-order valence-corrected chi connectivity index (χ0v) is 20.7. The number of aliphatic carboxylic acids is 1. The summed E-state index contributed by atoms with van der Waals surface area (Å²) in [6, 6.07) is 24.1. The number of ether oxygens (including phenoxy) is 3. The molecule has 0 aromatic heterocycles. The Hall–Kier alpha value is -3.71. The lowest BCUT2D eigenvalue weighted by atomic mass is 10.1. The number of para-hydroxylation sites is 2. The molecule has 3 aromatic rings. The fraction of sp³-hybridized carbons (Fsp3) is 0.345. The van der Waals surface area contributed by atoms with E-state index >= 15 is 0 Å². The smallest absolute Gasteiger partial charge is 0.333 e. The van der Waals surface area contributed by atoms with Crippen molar-refractivity contribution in [3.05, 3.63) is 83.9 Å². The Bertz CT molecular complexity index is 1100. The molecule has 7 nitrogen and oxygen atoms in total. The van der Waals surface area contributed by atoms with Gasteiger partial charge in [-0.05, 0) is 60.9 Å². The number of hydrogen-bond donors (Lipinski definition) is 2. The first-order valence-electron chi connectivity index (χ1n) is 12.5. The van der Waals surface area contributed by atoms with Crippen LogP contribution >= 0.6 is 0 Å². The van der Waals surface area contributed by atoms with E-state index in [-0.39, 0.29) is 0 Å². The SMILES string of the molecule is CCOC(Cc1ccc(NCc2ccc(OCCCN3CCOc4ccccc43)cc2)cc1)C(=O)O. The second-order valence-corrected chi connectivity index (χ2v) is 8.69. The maximum Gasteiger partial charge on any atom is 0.333 e. The Morgan fingerprint density at radius 3 is 2.56 bits per heavy atom. The molecule has 1 aliphatic heterocycles. The highest BCUT2D eigenvalue weighted by Gasteiger charge is 2.18. The van der Waals surface area contributed by atoms with Gasteiger partial charge in [0.1, 0.15) is 18.1 Å². The van der Waals surface area contributed by atoms with Gasteiger partial charge in [0, 0.05) is 31.8 Å². The van der Waals surface area contributed by atoms with Crippen molar-refractivity contribution in [1.29, 1.82) is 0 Å². The molecule has 0 spiro atoms. The van der Waals surface area contributed by atoms with E-state index in [1.807, 2.05) is 54.6 Å². The molecular formula is C29H34N2O5. The van der Waals surface area contributed by atoms with Gasteiger partial charge < -0.3 is 29.5 Å². The molecule has 7 heteroatoms. The van der Waals surface area contributed by atoms with Gasteiger partial charge in [-0.1, -0.05) is 36.4 Å². The monoisotopic (exact) mass is 490 g/mol. The summed E-state index contributed by atoms with van der Waals surface area (Å²) >= 11 is 0. The van der Waals surface area contributed by atoms with Crippen LogP contribution in [0.4, 0.5) is 11.4 Å². The van der Waals surface area contributed by atoms with Crippen LogP contribution in [-0.4, -0.2) is 50.1 Å². The number of rotatable bonds is 13. The molecule has 0 saturated heterocycles. The first-order chi connectivity index (χ1) is 17.6. The second kappa shape index (κ2) is 12.8. The average molecular weight is 491 g/mol. The first kappa shape index (κ1) is 25.4. The van der Waals surface area contributed by atoms with Gasteiger partial charge in [-0.3, -0.25) is 0 Å². The molecule has 4 rings (SSSR count). The van der Waals surface area contributed by atoms with Crippen LogP contribution in [0.5, 0.6) is 11.5 Å². The Labute approximate surface area is 212 Å². The van der Waals surface area contributed by atoms with E-state index in [4.69, 9.17) is 14.2 Å². The van der Waals surface area contributed by atoms with Crippen molar-refractivity contribution >= 4 is 17.3 Å². The molecule has 1 aliphatic rings. The number of carbonyl (C=O) groups is 1. The third-order valence-electron chi connectivity index (χ3n) is 6.10. The minimum Gasteiger partial charge on any atom is -0.494 e. The molecule has 1 atom stereocenters. The molecule has 0 amide bonds. The number of fused-ring (bicyclic) bond motifs is 1. The van der Waals surface area contributed by atoms with E-state index in [0.29, 0.717) is 26.2 Å². The van der Waals surface area contributed by atoms with Crippen LogP contribution in [0.15, 0.2) is 72.8 Å². The molecule has 2 N–H and O–H groups in total. The maximum absolute atomic E-state index is 11.3. The number of carboxylic acid groups (broad SMARTS) is 1. The van der Waals surface area contributed by atoms with Gasteiger partial charge in [0.15, 0.2) is 6.10 Å². The van der Waals surface area contributed by atoms with Crippen LogP contribution in [-0.2, 0) is 22.5 Å². The second-order valence-electron chi connectivity index (χ2n) is 8.69. The van der Waals surface area contributed by atoms with Gasteiger partial charge in [-0.15, -0.1) is 0 Å². The zero-order valence-electron chi connectivity index (χ0n) is 20.7. The quantitative estimate of drug-likeness (QED) is 0.327. The molecule has 36 heavy (non-hydrogen) atoms. The van der Waals surface area contributed by atoms with Crippen molar-refractivity contribution < 1.29 is 24.1 Å². The summed E-state index contributed by atoms with van der Waals surface area (Å²) in [7, 11) is 0. The van der Waals surface area contributed by atoms with Crippen molar-refractivity contribution in [3.8, 4) is 11.5 Å². The third kappa shape index (κ3) is 7.15. The molecule has 3 aromatic carbocycles. The van der Waals surface area contributed by atoms with Crippen LogP contribution < -0.4 is 19.7 Å². The van der Waals surface area contributed by atoms with Gasteiger partial charge in [0.25, 0.3) is 0 Å². The molecule has 1 heterocycles. The zero-order chi connectivity index (χ0) is 25.2. The summed E-state index contributed by atoms with van der Waals surface area (Å²) < 4.78 is 17.0. The summed E-state index contributed by atoms with van der Waals surface area (Å²) in [5.74, 6) is 0.889. The summed E-state index contributed by atoms with van der Waals surface area (Å²) in [6.45, 7) is 6.08. The van der Waals surface area contributed by atoms with Gasteiger partial charge in [0.05, 0.1) is 18.8 Å². The summed E-state index contributed by atoms with van der Waals surface area (Å²) in [6.07, 6.45) is 0.474. The first-order valence-corrected chi connectivity index (χ1v) is 12.5. The molecular weight excluding hydrogens is 456 g/mol. The standard InChI is InChI=1S/C29H34N2O5/c1-2-34-28(29(32)33)20-22-8-12-24(13-9-22)30-21-23-10-14-25(15-11-23)35-18-5-16-31-17-19-36-27-7-4-3-6-26(27)31/h3-4,6-15,28,30H,2,5,16-21H2,1H3,(H,32,33). The van der Waals surface area contributed by atoms with Gasteiger partial charge >= 0.3 is 5.97 Å². The fourth-order valence-corrected chi connectivity index (χ4v) is 4.20. The molecule has 0 bridgehead atoms. The van der Waals surface area contributed by atoms with Crippen LogP contribution in [0.2, 0.25) is 0 Å². The van der Waals surface area contributed by atoms with Gasteiger partial charge in [-0.2, -0.15) is 0 Å². The molecule has 0 aliphatic carbocycles. The molecule has 0 radical (unpaired) electrons. The van der Waals surface area contributed by atoms with Crippen LogP contribution in [0.1, 0.15) is 24.5 Å². The van der Waals surface area contributed by atoms with Crippen LogP contribution in [0.25, 0.3) is 0 Å². The Morgan fingerprint density at radius 2 is 1.81 bits per heavy atom. The number of nitrogens with one attached hydrogen (secondary N) is 1. The fourth-order valence-electron chi connectivity index (χ4n) is 4.20. The van der Waals surface area contributed by atoms with Gasteiger partial charge in [0.2, 0.25) is 0 Å². The molecule has 0 fully saturated rings. The Kier molecular flexibility index (Phi) is 9.05. The van der Waals surface area contributed by atoms with Crippen molar-refractivity contribution in [1.82, 2.24) is 0 Å². The lowest BCUT2D eigenvalue weighted by Crippen LogP contribution is -2.34. The lowest BCUT2D eigenvalue weighted by molar-refractivity contribution is -0.149. The van der Waals surface area contributed by atoms with E-state index in [9.17, 15) is 9.90 Å².